The lowest BCUT2D eigenvalue weighted by Crippen LogP contribution is -2.51. The molecule has 1 fully saturated rings. The maximum Gasteiger partial charge on any atom is 0.238 e. The molecular formula is C31H21ClN2O3S. The highest BCUT2D eigenvalue weighted by Crippen LogP contribution is 2.58. The fourth-order valence-corrected chi connectivity index (χ4v) is 7.37. The van der Waals surface area contributed by atoms with Crippen LogP contribution >= 0.6 is 22.9 Å². The van der Waals surface area contributed by atoms with E-state index in [-0.39, 0.29) is 17.5 Å². The van der Waals surface area contributed by atoms with Crippen molar-refractivity contribution in [1.29, 1.82) is 0 Å². The van der Waals surface area contributed by atoms with Crippen molar-refractivity contribution in [3.8, 4) is 0 Å². The number of ketones is 2. The number of para-hydroxylation sites is 1. The molecule has 0 unspecified atom stereocenters. The number of hydrogen-bond donors (Lipinski definition) is 1. The Morgan fingerprint density at radius 2 is 1.71 bits per heavy atom. The van der Waals surface area contributed by atoms with Crippen LogP contribution < -0.4 is 10.2 Å². The largest absolute Gasteiger partial charge is 0.352 e. The Hall–Kier alpha value is -4.00. The Labute approximate surface area is 228 Å². The maximum atomic E-state index is 14.6. The van der Waals surface area contributed by atoms with Gasteiger partial charge in [0.15, 0.2) is 11.6 Å². The van der Waals surface area contributed by atoms with E-state index >= 15 is 0 Å². The maximum absolute atomic E-state index is 14.6. The van der Waals surface area contributed by atoms with Gasteiger partial charge in [-0.25, -0.2) is 0 Å². The van der Waals surface area contributed by atoms with Gasteiger partial charge < -0.3 is 10.2 Å². The van der Waals surface area contributed by atoms with Crippen LogP contribution in [0, 0.1) is 5.92 Å². The lowest BCUT2D eigenvalue weighted by Gasteiger charge is -2.37. The number of carbonyl (C=O) groups excluding carboxylic acids is 3. The molecule has 0 radical (unpaired) electrons. The third-order valence-corrected chi connectivity index (χ3v) is 9.09. The molecule has 3 aliphatic heterocycles. The second-order valence-electron chi connectivity index (χ2n) is 9.78. The SMILES string of the molecule is O=C(c1cccs1)[C@@H]1[C@H](C(=O)c2ccccc2)[C@]2(C(=O)Nc3ccccc32)[C@@H]2C=Cc3cc(Cl)ccc3N12. The minimum atomic E-state index is -1.31. The number of nitrogens with zero attached hydrogens (tertiary/aromatic N) is 1. The summed E-state index contributed by atoms with van der Waals surface area (Å²) in [5.74, 6) is -1.65. The number of Topliss-reactive ketones (excluding diaryl/α,β-unsaturated/α-hetero) is 2. The molecule has 4 heterocycles. The quantitative estimate of drug-likeness (QED) is 0.313. The van der Waals surface area contributed by atoms with E-state index in [4.69, 9.17) is 11.6 Å². The Morgan fingerprint density at radius 1 is 0.921 bits per heavy atom. The highest BCUT2D eigenvalue weighted by atomic mass is 35.5. The van der Waals surface area contributed by atoms with Crippen molar-refractivity contribution in [1.82, 2.24) is 0 Å². The summed E-state index contributed by atoms with van der Waals surface area (Å²) in [5.41, 5.74) is 2.18. The van der Waals surface area contributed by atoms with Crippen LogP contribution in [0.5, 0.6) is 0 Å². The van der Waals surface area contributed by atoms with E-state index in [2.05, 4.69) is 5.32 Å². The molecule has 3 aliphatic rings. The number of amides is 1. The van der Waals surface area contributed by atoms with E-state index in [9.17, 15) is 14.4 Å². The highest BCUT2D eigenvalue weighted by Gasteiger charge is 2.70. The minimum absolute atomic E-state index is 0.176. The number of thiophene rings is 1. The molecule has 4 atom stereocenters. The molecule has 3 aromatic carbocycles. The van der Waals surface area contributed by atoms with Gasteiger partial charge in [-0.3, -0.25) is 14.4 Å². The summed E-state index contributed by atoms with van der Waals surface area (Å²) in [6.07, 6.45) is 3.90. The number of nitrogens with one attached hydrogen (secondary N) is 1. The molecule has 0 aliphatic carbocycles. The zero-order valence-corrected chi connectivity index (χ0v) is 21.6. The van der Waals surface area contributed by atoms with Crippen molar-refractivity contribution < 1.29 is 14.4 Å². The van der Waals surface area contributed by atoms with Crippen LogP contribution in [0.2, 0.25) is 5.02 Å². The van der Waals surface area contributed by atoms with E-state index in [1.165, 1.54) is 11.3 Å². The molecule has 1 amide bonds. The van der Waals surface area contributed by atoms with Gasteiger partial charge in [-0.2, -0.15) is 0 Å². The van der Waals surface area contributed by atoms with Crippen LogP contribution in [0.25, 0.3) is 6.08 Å². The first kappa shape index (κ1) is 23.1. The molecule has 1 aromatic heterocycles. The van der Waals surface area contributed by atoms with Crippen LogP contribution in [0.1, 0.15) is 31.2 Å². The molecule has 186 valence electrons. The monoisotopic (exact) mass is 536 g/mol. The molecule has 38 heavy (non-hydrogen) atoms. The van der Waals surface area contributed by atoms with Gasteiger partial charge in [0.25, 0.3) is 0 Å². The standard InChI is InChI=1S/C31H21ClN2O3S/c32-20-13-14-23-19(17-20)12-15-25-31(21-9-4-5-10-22(21)33-30(31)37)26(28(35)18-7-2-1-3-8-18)27(34(23)25)29(36)24-11-6-16-38-24/h1-17,25-27H,(H,33,37)/t25-,26+,27-,31+/m0/s1. The molecule has 0 saturated carbocycles. The number of anilines is 2. The van der Waals surface area contributed by atoms with E-state index in [0.717, 1.165) is 16.8 Å². The Balaban J connectivity index is 1.55. The van der Waals surface area contributed by atoms with E-state index in [1.807, 2.05) is 71.0 Å². The Kier molecular flexibility index (Phi) is 5.18. The van der Waals surface area contributed by atoms with Gasteiger partial charge in [0, 0.05) is 22.0 Å². The van der Waals surface area contributed by atoms with Gasteiger partial charge in [-0.05, 0) is 46.8 Å². The summed E-state index contributed by atoms with van der Waals surface area (Å²) in [6, 6.07) is 24.1. The molecule has 0 bridgehead atoms. The van der Waals surface area contributed by atoms with Gasteiger partial charge in [-0.1, -0.05) is 78.4 Å². The van der Waals surface area contributed by atoms with Crippen molar-refractivity contribution in [2.24, 2.45) is 5.92 Å². The molecule has 4 aromatic rings. The molecule has 1 spiro atoms. The third-order valence-electron chi connectivity index (χ3n) is 7.97. The summed E-state index contributed by atoms with van der Waals surface area (Å²) >= 11 is 7.67. The smallest absolute Gasteiger partial charge is 0.238 e. The topological polar surface area (TPSA) is 66.5 Å². The fourth-order valence-electron chi connectivity index (χ4n) is 6.50. The Bertz CT molecular complexity index is 1650. The number of rotatable bonds is 4. The zero-order valence-electron chi connectivity index (χ0n) is 20.0. The second-order valence-corrected chi connectivity index (χ2v) is 11.2. The van der Waals surface area contributed by atoms with Crippen molar-refractivity contribution in [2.45, 2.75) is 17.5 Å². The summed E-state index contributed by atoms with van der Waals surface area (Å²) in [6.45, 7) is 0. The molecule has 1 saturated heterocycles. The number of carbonyl (C=O) groups is 3. The van der Waals surface area contributed by atoms with Gasteiger partial charge >= 0.3 is 0 Å². The number of halogens is 1. The number of fused-ring (bicyclic) bond motifs is 6. The predicted octanol–water partition coefficient (Wildman–Crippen LogP) is 6.26. The lowest BCUT2D eigenvalue weighted by molar-refractivity contribution is -0.121. The van der Waals surface area contributed by atoms with Gasteiger partial charge in [0.1, 0.15) is 11.5 Å². The third kappa shape index (κ3) is 3.08. The first-order valence-corrected chi connectivity index (χ1v) is 13.6. The zero-order chi connectivity index (χ0) is 26.0. The summed E-state index contributed by atoms with van der Waals surface area (Å²) in [5, 5.41) is 5.47. The van der Waals surface area contributed by atoms with Crippen molar-refractivity contribution in [2.75, 3.05) is 10.2 Å². The van der Waals surface area contributed by atoms with E-state index in [0.29, 0.717) is 21.2 Å². The normalized spacial score (nSPS) is 24.6. The molecule has 7 heteroatoms. The Morgan fingerprint density at radius 3 is 2.50 bits per heavy atom. The van der Waals surface area contributed by atoms with Crippen LogP contribution in [-0.2, 0) is 10.2 Å². The minimum Gasteiger partial charge on any atom is -0.352 e. The van der Waals surface area contributed by atoms with Crippen LogP contribution in [0.4, 0.5) is 11.4 Å². The summed E-state index contributed by atoms with van der Waals surface area (Å²) in [4.78, 5) is 45.7. The van der Waals surface area contributed by atoms with E-state index in [1.54, 1.807) is 36.4 Å². The van der Waals surface area contributed by atoms with Crippen molar-refractivity contribution in [3.63, 3.8) is 0 Å². The first-order chi connectivity index (χ1) is 18.5. The molecule has 5 nitrogen and oxygen atoms in total. The van der Waals surface area contributed by atoms with Crippen LogP contribution in [0.15, 0.2) is 96.4 Å². The van der Waals surface area contributed by atoms with Crippen LogP contribution in [0.3, 0.4) is 0 Å². The van der Waals surface area contributed by atoms with Gasteiger partial charge in [-0.15, -0.1) is 11.3 Å². The predicted molar refractivity (Wildman–Crippen MR) is 150 cm³/mol. The van der Waals surface area contributed by atoms with Crippen LogP contribution in [-0.4, -0.2) is 29.6 Å². The highest BCUT2D eigenvalue weighted by molar-refractivity contribution is 7.12. The van der Waals surface area contributed by atoms with Crippen molar-refractivity contribution in [3.05, 3.63) is 123 Å². The van der Waals surface area contributed by atoms with Crippen molar-refractivity contribution >= 4 is 57.9 Å². The molecule has 7 rings (SSSR count). The number of benzene rings is 3. The first-order valence-electron chi connectivity index (χ1n) is 12.4. The fraction of sp³-hybridized carbons (Fsp3) is 0.129. The van der Waals surface area contributed by atoms with Gasteiger partial charge in [0.05, 0.1) is 16.8 Å². The average Bonchev–Trinajstić information content (AvgIpc) is 3.65. The molecular weight excluding hydrogens is 516 g/mol. The van der Waals surface area contributed by atoms with E-state index < -0.39 is 23.4 Å². The average molecular weight is 537 g/mol. The second kappa shape index (κ2) is 8.51. The summed E-state index contributed by atoms with van der Waals surface area (Å²) in [7, 11) is 0. The lowest BCUT2D eigenvalue weighted by atomic mass is 9.64. The molecule has 1 N–H and O–H groups in total. The summed E-state index contributed by atoms with van der Waals surface area (Å²) < 4.78 is 0. The number of hydrogen-bond acceptors (Lipinski definition) is 5. The van der Waals surface area contributed by atoms with Gasteiger partial charge in [0.2, 0.25) is 5.91 Å².